The lowest BCUT2D eigenvalue weighted by Gasteiger charge is -2.25. The molecule has 6 nitrogen and oxygen atoms in total. The molecule has 0 N–H and O–H groups in total. The van der Waals surface area contributed by atoms with Crippen molar-refractivity contribution < 1.29 is 9.47 Å². The summed E-state index contributed by atoms with van der Waals surface area (Å²) in [6.45, 7) is 8.11. The van der Waals surface area contributed by atoms with Gasteiger partial charge in [0.2, 0.25) is 5.88 Å². The topological polar surface area (TPSA) is 60.4 Å². The van der Waals surface area contributed by atoms with Gasteiger partial charge in [-0.05, 0) is 43.7 Å². The number of halogens is 1. The van der Waals surface area contributed by atoms with Crippen LogP contribution in [-0.2, 0) is 11.3 Å². The minimum Gasteiger partial charge on any atom is -0.436 e. The number of thiophene rings is 1. The summed E-state index contributed by atoms with van der Waals surface area (Å²) in [5.41, 5.74) is 1.87. The normalized spacial score (nSPS) is 15.2. The number of ether oxygens (including phenoxy) is 2. The molecule has 0 unspecified atom stereocenters. The lowest BCUT2D eigenvalue weighted by atomic mass is 10.2. The van der Waals surface area contributed by atoms with Crippen molar-refractivity contribution >= 4 is 44.1 Å². The number of hydrogen-bond donors (Lipinski definition) is 0. The summed E-state index contributed by atoms with van der Waals surface area (Å²) >= 11 is 8.03. The Bertz CT molecular complexity index is 1240. The van der Waals surface area contributed by atoms with Crippen LogP contribution in [-0.4, -0.2) is 46.2 Å². The Balaban J connectivity index is 1.60. The maximum atomic E-state index is 6.38. The number of aromatic nitrogens is 3. The molecule has 1 fully saturated rings. The van der Waals surface area contributed by atoms with E-state index in [4.69, 9.17) is 31.0 Å². The van der Waals surface area contributed by atoms with Crippen molar-refractivity contribution in [3.8, 4) is 11.6 Å². The van der Waals surface area contributed by atoms with Gasteiger partial charge in [-0.3, -0.25) is 9.88 Å². The van der Waals surface area contributed by atoms with Crippen LogP contribution >= 0.6 is 22.9 Å². The highest BCUT2D eigenvalue weighted by atomic mass is 35.5. The Morgan fingerprint density at radius 1 is 1.17 bits per heavy atom. The first-order valence-corrected chi connectivity index (χ1v) is 11.1. The molecule has 154 valence electrons. The molecule has 8 heteroatoms. The third-order valence-electron chi connectivity index (χ3n) is 5.40. The van der Waals surface area contributed by atoms with Crippen LogP contribution in [0.5, 0.6) is 11.6 Å². The zero-order valence-electron chi connectivity index (χ0n) is 16.8. The Morgan fingerprint density at radius 3 is 2.83 bits per heavy atom. The van der Waals surface area contributed by atoms with Crippen LogP contribution in [0.1, 0.15) is 16.3 Å². The van der Waals surface area contributed by atoms with Crippen molar-refractivity contribution in [3.63, 3.8) is 0 Å². The van der Waals surface area contributed by atoms with E-state index in [1.165, 1.54) is 4.88 Å². The molecule has 4 aromatic rings. The minimum atomic E-state index is 0.569. The van der Waals surface area contributed by atoms with Gasteiger partial charge in [-0.1, -0.05) is 11.6 Å². The van der Waals surface area contributed by atoms with Crippen molar-refractivity contribution in [1.82, 2.24) is 19.9 Å². The molecule has 1 aliphatic rings. The Morgan fingerprint density at radius 2 is 2.00 bits per heavy atom. The average Bonchev–Trinajstić information content (AvgIpc) is 3.04. The number of fused-ring (bicyclic) bond motifs is 2. The fourth-order valence-electron chi connectivity index (χ4n) is 3.66. The highest BCUT2D eigenvalue weighted by Gasteiger charge is 2.20. The van der Waals surface area contributed by atoms with Gasteiger partial charge in [0.15, 0.2) is 5.75 Å². The smallest absolute Gasteiger partial charge is 0.231 e. The molecular formula is C22H21ClN4O2S. The molecule has 1 aromatic carbocycles. The van der Waals surface area contributed by atoms with Crippen molar-refractivity contribution in [1.29, 1.82) is 0 Å². The van der Waals surface area contributed by atoms with Gasteiger partial charge in [0.05, 0.1) is 30.2 Å². The molecule has 4 heterocycles. The summed E-state index contributed by atoms with van der Waals surface area (Å²) in [5, 5.41) is 2.46. The molecule has 0 atom stereocenters. The molecule has 30 heavy (non-hydrogen) atoms. The fourth-order valence-corrected chi connectivity index (χ4v) is 4.91. The van der Waals surface area contributed by atoms with Crippen molar-refractivity contribution in [3.05, 3.63) is 51.7 Å². The number of rotatable bonds is 4. The van der Waals surface area contributed by atoms with Crippen LogP contribution in [0.2, 0.25) is 5.02 Å². The second-order valence-electron chi connectivity index (χ2n) is 7.34. The zero-order valence-corrected chi connectivity index (χ0v) is 18.4. The summed E-state index contributed by atoms with van der Waals surface area (Å²) < 4.78 is 11.8. The van der Waals surface area contributed by atoms with Gasteiger partial charge in [0.25, 0.3) is 0 Å². The zero-order chi connectivity index (χ0) is 20.7. The van der Waals surface area contributed by atoms with E-state index in [1.807, 2.05) is 24.3 Å². The second kappa shape index (κ2) is 8.07. The molecule has 0 spiro atoms. The van der Waals surface area contributed by atoms with Gasteiger partial charge in [-0.25, -0.2) is 4.98 Å². The van der Waals surface area contributed by atoms with E-state index in [1.54, 1.807) is 17.5 Å². The highest BCUT2D eigenvalue weighted by Crippen LogP contribution is 2.39. The highest BCUT2D eigenvalue weighted by molar-refractivity contribution is 7.18. The molecule has 0 saturated carbocycles. The fraction of sp³-hybridized carbons (Fsp3) is 0.318. The SMILES string of the molecule is Cc1sc2nc(CN3CCOCC3)nc(Oc3ccc(Cl)c4cccnc34)c2c1C. The molecule has 0 bridgehead atoms. The molecule has 5 rings (SSSR count). The number of nitrogens with zero attached hydrogens (tertiary/aromatic N) is 4. The Kier molecular flexibility index (Phi) is 5.28. The summed E-state index contributed by atoms with van der Waals surface area (Å²) in [4.78, 5) is 18.6. The Labute approximate surface area is 183 Å². The average molecular weight is 441 g/mol. The summed E-state index contributed by atoms with van der Waals surface area (Å²) in [6.07, 6.45) is 1.74. The van der Waals surface area contributed by atoms with Crippen LogP contribution in [0.25, 0.3) is 21.1 Å². The van der Waals surface area contributed by atoms with E-state index in [9.17, 15) is 0 Å². The quantitative estimate of drug-likeness (QED) is 0.438. The predicted octanol–water partition coefficient (Wildman–Crippen LogP) is 5.13. The third kappa shape index (κ3) is 3.63. The second-order valence-corrected chi connectivity index (χ2v) is 8.95. The van der Waals surface area contributed by atoms with Crippen LogP contribution in [0.4, 0.5) is 0 Å². The van der Waals surface area contributed by atoms with E-state index < -0.39 is 0 Å². The first kappa shape index (κ1) is 19.6. The monoisotopic (exact) mass is 440 g/mol. The van der Waals surface area contributed by atoms with E-state index in [0.29, 0.717) is 23.2 Å². The molecule has 1 aliphatic heterocycles. The van der Waals surface area contributed by atoms with Gasteiger partial charge >= 0.3 is 0 Å². The molecule has 3 aromatic heterocycles. The number of pyridine rings is 1. The summed E-state index contributed by atoms with van der Waals surface area (Å²) in [7, 11) is 0. The molecule has 1 saturated heterocycles. The van der Waals surface area contributed by atoms with Crippen molar-refractivity contribution in [2.45, 2.75) is 20.4 Å². The van der Waals surface area contributed by atoms with Crippen LogP contribution < -0.4 is 4.74 Å². The molecule has 0 aliphatic carbocycles. The van der Waals surface area contributed by atoms with E-state index in [-0.39, 0.29) is 0 Å². The number of morpholine rings is 1. The van der Waals surface area contributed by atoms with Crippen molar-refractivity contribution in [2.75, 3.05) is 26.3 Å². The van der Waals surface area contributed by atoms with E-state index in [2.05, 4.69) is 23.7 Å². The third-order valence-corrected chi connectivity index (χ3v) is 6.83. The summed E-state index contributed by atoms with van der Waals surface area (Å²) in [5.74, 6) is 1.96. The molecule has 0 radical (unpaired) electrons. The summed E-state index contributed by atoms with van der Waals surface area (Å²) in [6, 6.07) is 7.49. The van der Waals surface area contributed by atoms with Gasteiger partial charge < -0.3 is 9.47 Å². The van der Waals surface area contributed by atoms with Crippen LogP contribution in [0.3, 0.4) is 0 Å². The largest absolute Gasteiger partial charge is 0.436 e. The lowest BCUT2D eigenvalue weighted by molar-refractivity contribution is 0.0330. The van der Waals surface area contributed by atoms with Crippen LogP contribution in [0.15, 0.2) is 30.5 Å². The van der Waals surface area contributed by atoms with Crippen molar-refractivity contribution in [2.24, 2.45) is 0 Å². The van der Waals surface area contributed by atoms with Gasteiger partial charge in [0, 0.05) is 29.5 Å². The number of hydrogen-bond acceptors (Lipinski definition) is 7. The first-order chi connectivity index (χ1) is 14.6. The van der Waals surface area contributed by atoms with Gasteiger partial charge in [-0.2, -0.15) is 4.98 Å². The maximum Gasteiger partial charge on any atom is 0.231 e. The van der Waals surface area contributed by atoms with Gasteiger partial charge in [-0.15, -0.1) is 11.3 Å². The number of benzene rings is 1. The molecular weight excluding hydrogens is 420 g/mol. The standard InChI is InChI=1S/C22H21ClN4O2S/c1-13-14(2)30-22-19(13)21(25-18(26-22)12-27-8-10-28-11-9-27)29-17-6-5-16(23)15-4-3-7-24-20(15)17/h3-7H,8-12H2,1-2H3. The predicted molar refractivity (Wildman–Crippen MR) is 120 cm³/mol. The van der Waals surface area contributed by atoms with Crippen LogP contribution in [0, 0.1) is 13.8 Å². The van der Waals surface area contributed by atoms with E-state index >= 15 is 0 Å². The maximum absolute atomic E-state index is 6.38. The first-order valence-electron chi connectivity index (χ1n) is 9.88. The minimum absolute atomic E-state index is 0.569. The molecule has 0 amide bonds. The van der Waals surface area contributed by atoms with Gasteiger partial charge in [0.1, 0.15) is 16.2 Å². The Hall–Kier alpha value is -2.32. The number of aryl methyl sites for hydroxylation is 2. The van der Waals surface area contributed by atoms with E-state index in [0.717, 1.165) is 58.8 Å². The lowest BCUT2D eigenvalue weighted by Crippen LogP contribution is -2.36.